The van der Waals surface area contributed by atoms with E-state index in [1.165, 1.54) is 32.4 Å². The lowest BCUT2D eigenvalue weighted by Gasteiger charge is -2.27. The highest BCUT2D eigenvalue weighted by atomic mass is 15.0. The van der Waals surface area contributed by atoms with Crippen LogP contribution in [0.25, 0.3) is 0 Å². The van der Waals surface area contributed by atoms with Gasteiger partial charge in [0.05, 0.1) is 0 Å². The summed E-state index contributed by atoms with van der Waals surface area (Å²) in [5.41, 5.74) is 0. The van der Waals surface area contributed by atoms with Crippen LogP contribution in [0, 0.1) is 23.7 Å². The zero-order chi connectivity index (χ0) is 12.4. The van der Waals surface area contributed by atoms with Crippen LogP contribution < -0.4 is 10.6 Å². The van der Waals surface area contributed by atoms with Crippen LogP contribution in [-0.4, -0.2) is 25.2 Å². The SMILES string of the molecule is CC(C)C(CNCC1CC2CCC1N2)C(C)C. The second kappa shape index (κ2) is 5.71. The van der Waals surface area contributed by atoms with Gasteiger partial charge in [0, 0.05) is 12.1 Å². The van der Waals surface area contributed by atoms with Crippen molar-refractivity contribution in [2.24, 2.45) is 23.7 Å². The molecule has 2 heteroatoms. The lowest BCUT2D eigenvalue weighted by atomic mass is 9.85. The van der Waals surface area contributed by atoms with Crippen molar-refractivity contribution in [2.75, 3.05) is 13.1 Å². The van der Waals surface area contributed by atoms with Crippen LogP contribution in [-0.2, 0) is 0 Å². The second-order valence-electron chi connectivity index (χ2n) is 6.85. The smallest absolute Gasteiger partial charge is 0.0111 e. The van der Waals surface area contributed by atoms with Gasteiger partial charge in [0.2, 0.25) is 0 Å². The van der Waals surface area contributed by atoms with Crippen molar-refractivity contribution in [3.63, 3.8) is 0 Å². The molecule has 0 aliphatic carbocycles. The summed E-state index contributed by atoms with van der Waals surface area (Å²) in [4.78, 5) is 0. The zero-order valence-electron chi connectivity index (χ0n) is 12.0. The first-order valence-corrected chi connectivity index (χ1v) is 7.54. The van der Waals surface area contributed by atoms with E-state index in [2.05, 4.69) is 38.3 Å². The minimum Gasteiger partial charge on any atom is -0.316 e. The van der Waals surface area contributed by atoms with Crippen LogP contribution >= 0.6 is 0 Å². The number of hydrogen-bond donors (Lipinski definition) is 2. The van der Waals surface area contributed by atoms with Crippen molar-refractivity contribution in [3.8, 4) is 0 Å². The van der Waals surface area contributed by atoms with Gasteiger partial charge in [0.1, 0.15) is 0 Å². The summed E-state index contributed by atoms with van der Waals surface area (Å²) in [7, 11) is 0. The number of hydrogen-bond acceptors (Lipinski definition) is 2. The summed E-state index contributed by atoms with van der Waals surface area (Å²) in [6.45, 7) is 11.8. The summed E-state index contributed by atoms with van der Waals surface area (Å²) in [5, 5.41) is 7.46. The van der Waals surface area contributed by atoms with E-state index < -0.39 is 0 Å². The number of fused-ring (bicyclic) bond motifs is 2. The lowest BCUT2D eigenvalue weighted by molar-refractivity contribution is 0.265. The molecule has 2 rings (SSSR count). The number of rotatable bonds is 6. The Balaban J connectivity index is 1.68. The molecular weight excluding hydrogens is 208 g/mol. The van der Waals surface area contributed by atoms with E-state index in [0.717, 1.165) is 35.8 Å². The maximum absolute atomic E-state index is 3.73. The van der Waals surface area contributed by atoms with Gasteiger partial charge in [-0.25, -0.2) is 0 Å². The first-order chi connectivity index (χ1) is 8.08. The zero-order valence-corrected chi connectivity index (χ0v) is 12.0. The minimum absolute atomic E-state index is 0.792. The van der Waals surface area contributed by atoms with E-state index in [4.69, 9.17) is 0 Å². The van der Waals surface area contributed by atoms with E-state index in [9.17, 15) is 0 Å². The molecule has 2 aliphatic rings. The molecule has 2 aliphatic heterocycles. The van der Waals surface area contributed by atoms with E-state index in [0.29, 0.717) is 0 Å². The Morgan fingerprint density at radius 2 is 1.82 bits per heavy atom. The Morgan fingerprint density at radius 3 is 2.29 bits per heavy atom. The molecule has 2 bridgehead atoms. The summed E-state index contributed by atoms with van der Waals surface area (Å²) < 4.78 is 0. The molecule has 2 saturated heterocycles. The molecule has 3 atom stereocenters. The number of nitrogens with one attached hydrogen (secondary N) is 2. The molecule has 0 aromatic heterocycles. The minimum atomic E-state index is 0.792. The summed E-state index contributed by atoms with van der Waals surface area (Å²) >= 11 is 0. The molecule has 100 valence electrons. The lowest BCUT2D eigenvalue weighted by Crippen LogP contribution is -2.36. The fourth-order valence-corrected chi connectivity index (χ4v) is 3.84. The van der Waals surface area contributed by atoms with Crippen molar-refractivity contribution in [3.05, 3.63) is 0 Å². The summed E-state index contributed by atoms with van der Waals surface area (Å²) in [5.74, 6) is 3.30. The molecule has 17 heavy (non-hydrogen) atoms. The average Bonchev–Trinajstić information content (AvgIpc) is 2.84. The van der Waals surface area contributed by atoms with Gasteiger partial charge in [0.25, 0.3) is 0 Å². The Bertz CT molecular complexity index is 229. The van der Waals surface area contributed by atoms with Gasteiger partial charge in [-0.15, -0.1) is 0 Å². The molecule has 0 spiro atoms. The predicted molar refractivity (Wildman–Crippen MR) is 74.1 cm³/mol. The van der Waals surface area contributed by atoms with Crippen LogP contribution in [0.2, 0.25) is 0 Å². The fraction of sp³-hybridized carbons (Fsp3) is 1.00. The Kier molecular flexibility index (Phi) is 4.48. The molecule has 0 radical (unpaired) electrons. The first kappa shape index (κ1) is 13.4. The highest BCUT2D eigenvalue weighted by Gasteiger charge is 2.38. The Morgan fingerprint density at radius 1 is 1.12 bits per heavy atom. The molecule has 3 unspecified atom stereocenters. The first-order valence-electron chi connectivity index (χ1n) is 7.54. The predicted octanol–water partition coefficient (Wildman–Crippen LogP) is 2.64. The molecule has 0 aromatic carbocycles. The third kappa shape index (κ3) is 3.23. The largest absolute Gasteiger partial charge is 0.316 e. The second-order valence-corrected chi connectivity index (χ2v) is 6.85. The summed E-state index contributed by atoms with van der Waals surface area (Å²) in [6.07, 6.45) is 4.24. The Labute approximate surface area is 107 Å². The van der Waals surface area contributed by atoms with Crippen molar-refractivity contribution in [1.29, 1.82) is 0 Å². The van der Waals surface area contributed by atoms with Crippen molar-refractivity contribution in [1.82, 2.24) is 10.6 Å². The molecule has 2 N–H and O–H groups in total. The van der Waals surface area contributed by atoms with E-state index in [1.54, 1.807) is 0 Å². The summed E-state index contributed by atoms with van der Waals surface area (Å²) in [6, 6.07) is 1.67. The monoisotopic (exact) mass is 238 g/mol. The molecule has 2 nitrogen and oxygen atoms in total. The maximum atomic E-state index is 3.73. The normalized spacial score (nSPS) is 32.3. The van der Waals surface area contributed by atoms with Gasteiger partial charge >= 0.3 is 0 Å². The standard InChI is InChI=1S/C15H30N2/c1-10(2)14(11(3)4)9-16-8-12-7-13-5-6-15(12)17-13/h10-17H,5-9H2,1-4H3. The van der Waals surface area contributed by atoms with Gasteiger partial charge in [-0.1, -0.05) is 27.7 Å². The van der Waals surface area contributed by atoms with Crippen LogP contribution in [0.5, 0.6) is 0 Å². The molecule has 0 amide bonds. The van der Waals surface area contributed by atoms with Gasteiger partial charge in [-0.3, -0.25) is 0 Å². The molecule has 2 heterocycles. The van der Waals surface area contributed by atoms with Crippen LogP contribution in [0.3, 0.4) is 0 Å². The van der Waals surface area contributed by atoms with Crippen molar-refractivity contribution >= 4 is 0 Å². The van der Waals surface area contributed by atoms with Crippen LogP contribution in [0.15, 0.2) is 0 Å². The Hall–Kier alpha value is -0.0800. The quantitative estimate of drug-likeness (QED) is 0.743. The highest BCUT2D eigenvalue weighted by Crippen LogP contribution is 2.32. The molecular formula is C15H30N2. The molecule has 0 saturated carbocycles. The average molecular weight is 238 g/mol. The third-order valence-corrected chi connectivity index (χ3v) is 4.93. The van der Waals surface area contributed by atoms with E-state index >= 15 is 0 Å². The van der Waals surface area contributed by atoms with Crippen molar-refractivity contribution < 1.29 is 0 Å². The third-order valence-electron chi connectivity index (χ3n) is 4.93. The van der Waals surface area contributed by atoms with Crippen molar-refractivity contribution in [2.45, 2.75) is 59.0 Å². The van der Waals surface area contributed by atoms with Gasteiger partial charge in [-0.05, 0) is 56.0 Å². The topological polar surface area (TPSA) is 24.1 Å². The molecule has 2 fully saturated rings. The van der Waals surface area contributed by atoms with E-state index in [1.807, 2.05) is 0 Å². The fourth-order valence-electron chi connectivity index (χ4n) is 3.84. The van der Waals surface area contributed by atoms with Crippen LogP contribution in [0.1, 0.15) is 47.0 Å². The van der Waals surface area contributed by atoms with Gasteiger partial charge in [0.15, 0.2) is 0 Å². The molecule has 0 aromatic rings. The highest BCUT2D eigenvalue weighted by molar-refractivity contribution is 4.97. The van der Waals surface area contributed by atoms with Gasteiger partial charge < -0.3 is 10.6 Å². The van der Waals surface area contributed by atoms with E-state index in [-0.39, 0.29) is 0 Å². The van der Waals surface area contributed by atoms with Gasteiger partial charge in [-0.2, -0.15) is 0 Å². The van der Waals surface area contributed by atoms with Crippen LogP contribution in [0.4, 0.5) is 0 Å². The maximum Gasteiger partial charge on any atom is 0.0111 e.